The van der Waals surface area contributed by atoms with E-state index in [1.807, 2.05) is 0 Å². The maximum atomic E-state index is 13.4. The van der Waals surface area contributed by atoms with Crippen LogP contribution in [0.2, 0.25) is 0 Å². The number of rotatable bonds is 4. The Bertz CT molecular complexity index is 882. The minimum absolute atomic E-state index is 0.00656. The predicted octanol–water partition coefficient (Wildman–Crippen LogP) is 4.29. The molecule has 0 radical (unpaired) electrons. The van der Waals surface area contributed by atoms with Crippen LogP contribution in [0.5, 0.6) is 0 Å². The van der Waals surface area contributed by atoms with Crippen LogP contribution in [-0.4, -0.2) is 64.8 Å². The van der Waals surface area contributed by atoms with E-state index in [9.17, 15) is 19.5 Å². The van der Waals surface area contributed by atoms with Crippen molar-refractivity contribution in [2.24, 2.45) is 46.3 Å². The average molecular weight is 501 g/mol. The van der Waals surface area contributed by atoms with Crippen molar-refractivity contribution >= 4 is 17.6 Å². The molecule has 4 aliphatic carbocycles. The minimum atomic E-state index is -0.100. The molecule has 5 rings (SSSR count). The third-order valence-corrected chi connectivity index (χ3v) is 12.2. The molecule has 6 nitrogen and oxygen atoms in total. The lowest BCUT2D eigenvalue weighted by Crippen LogP contribution is -2.54. The molecule has 2 amide bonds. The molecule has 5 fully saturated rings. The van der Waals surface area contributed by atoms with Gasteiger partial charge in [0.1, 0.15) is 5.78 Å². The Morgan fingerprint density at radius 3 is 2.19 bits per heavy atom. The smallest absolute Gasteiger partial charge is 0.230 e. The first-order valence-corrected chi connectivity index (χ1v) is 14.8. The van der Waals surface area contributed by atoms with Gasteiger partial charge in [0, 0.05) is 39.0 Å². The summed E-state index contributed by atoms with van der Waals surface area (Å²) in [5, 5.41) is 10.3. The second-order valence-electron chi connectivity index (χ2n) is 13.6. The van der Waals surface area contributed by atoms with Crippen molar-refractivity contribution in [3.8, 4) is 0 Å². The molecule has 4 saturated carbocycles. The second-order valence-corrected chi connectivity index (χ2v) is 13.6. The Balaban J connectivity index is 1.22. The molecule has 6 heteroatoms. The highest BCUT2D eigenvalue weighted by Gasteiger charge is 2.61. The molecule has 0 spiro atoms. The topological polar surface area (TPSA) is 77.9 Å². The van der Waals surface area contributed by atoms with Gasteiger partial charge in [0.25, 0.3) is 0 Å². The maximum Gasteiger partial charge on any atom is 0.230 e. The predicted molar refractivity (Wildman–Crippen MR) is 139 cm³/mol. The molecular formula is C30H48N2O4. The lowest BCUT2D eigenvalue weighted by atomic mass is 9.44. The molecule has 5 aliphatic rings. The number of amides is 2. The number of hydrogen-bond acceptors (Lipinski definition) is 4. The Kier molecular flexibility index (Phi) is 7.06. The van der Waals surface area contributed by atoms with Gasteiger partial charge in [-0.2, -0.15) is 0 Å². The van der Waals surface area contributed by atoms with Gasteiger partial charge in [-0.15, -0.1) is 0 Å². The molecule has 0 aromatic heterocycles. The summed E-state index contributed by atoms with van der Waals surface area (Å²) >= 11 is 0. The number of carbonyl (C=O) groups excluding carboxylic acids is 3. The first-order valence-electron chi connectivity index (χ1n) is 14.8. The molecule has 1 N–H and O–H groups in total. The highest BCUT2D eigenvalue weighted by atomic mass is 16.3. The van der Waals surface area contributed by atoms with Gasteiger partial charge in [0.15, 0.2) is 0 Å². The zero-order valence-electron chi connectivity index (χ0n) is 23.0. The largest absolute Gasteiger partial charge is 0.393 e. The van der Waals surface area contributed by atoms with E-state index in [-0.39, 0.29) is 41.5 Å². The number of piperazine rings is 1. The summed E-state index contributed by atoms with van der Waals surface area (Å²) in [6.45, 7) is 10.8. The minimum Gasteiger partial charge on any atom is -0.393 e. The van der Waals surface area contributed by atoms with Gasteiger partial charge in [-0.25, -0.2) is 0 Å². The van der Waals surface area contributed by atoms with Crippen LogP contribution in [0, 0.1) is 46.3 Å². The molecule has 36 heavy (non-hydrogen) atoms. The quantitative estimate of drug-likeness (QED) is 0.584. The summed E-state index contributed by atoms with van der Waals surface area (Å²) in [6.07, 6.45) is 10.4. The molecule has 1 aliphatic heterocycles. The Morgan fingerprint density at radius 2 is 1.50 bits per heavy atom. The second kappa shape index (κ2) is 9.71. The number of ketones is 1. The fraction of sp³-hybridized carbons (Fsp3) is 0.900. The fourth-order valence-electron chi connectivity index (χ4n) is 10.0. The van der Waals surface area contributed by atoms with Crippen LogP contribution in [0.3, 0.4) is 0 Å². The van der Waals surface area contributed by atoms with E-state index >= 15 is 0 Å². The summed E-state index contributed by atoms with van der Waals surface area (Å²) < 4.78 is 0. The molecule has 1 heterocycles. The normalized spacial score (nSPS) is 43.2. The van der Waals surface area contributed by atoms with Crippen LogP contribution in [0.15, 0.2) is 0 Å². The fourth-order valence-corrected chi connectivity index (χ4v) is 10.0. The molecule has 0 aromatic rings. The van der Waals surface area contributed by atoms with Crippen molar-refractivity contribution in [2.75, 3.05) is 26.2 Å². The van der Waals surface area contributed by atoms with Crippen LogP contribution in [0.25, 0.3) is 0 Å². The maximum absolute atomic E-state index is 13.4. The summed E-state index contributed by atoms with van der Waals surface area (Å²) in [5.41, 5.74) is 0.575. The first kappa shape index (κ1) is 26.2. The van der Waals surface area contributed by atoms with Crippen molar-refractivity contribution in [2.45, 2.75) is 98.0 Å². The molecule has 1 unspecified atom stereocenters. The number of carbonyl (C=O) groups is 3. The van der Waals surface area contributed by atoms with E-state index in [0.717, 1.165) is 31.1 Å². The number of aliphatic hydroxyl groups is 1. The van der Waals surface area contributed by atoms with E-state index in [0.29, 0.717) is 49.3 Å². The van der Waals surface area contributed by atoms with E-state index in [2.05, 4.69) is 20.8 Å². The van der Waals surface area contributed by atoms with Crippen LogP contribution in [0.1, 0.15) is 91.9 Å². The number of nitrogens with zero attached hydrogens (tertiary/aromatic N) is 2. The van der Waals surface area contributed by atoms with Crippen LogP contribution in [0.4, 0.5) is 0 Å². The third-order valence-electron chi connectivity index (χ3n) is 12.2. The van der Waals surface area contributed by atoms with Gasteiger partial charge >= 0.3 is 0 Å². The van der Waals surface area contributed by atoms with Crippen LogP contribution < -0.4 is 0 Å². The zero-order valence-corrected chi connectivity index (χ0v) is 23.0. The summed E-state index contributed by atoms with van der Waals surface area (Å²) in [4.78, 5) is 41.4. The summed E-state index contributed by atoms with van der Waals surface area (Å²) in [7, 11) is 0. The van der Waals surface area contributed by atoms with Gasteiger partial charge in [-0.3, -0.25) is 14.4 Å². The van der Waals surface area contributed by atoms with Gasteiger partial charge in [-0.1, -0.05) is 20.8 Å². The summed E-state index contributed by atoms with van der Waals surface area (Å²) in [5.74, 6) is 3.28. The van der Waals surface area contributed by atoms with Crippen LogP contribution in [-0.2, 0) is 14.4 Å². The van der Waals surface area contributed by atoms with E-state index < -0.39 is 0 Å². The van der Waals surface area contributed by atoms with Gasteiger partial charge < -0.3 is 14.9 Å². The number of hydrogen-bond donors (Lipinski definition) is 1. The summed E-state index contributed by atoms with van der Waals surface area (Å²) in [6, 6.07) is 0. The molecule has 1 saturated heterocycles. The Hall–Kier alpha value is -1.43. The molecule has 0 bridgehead atoms. The van der Waals surface area contributed by atoms with E-state index in [4.69, 9.17) is 0 Å². The van der Waals surface area contributed by atoms with E-state index in [1.54, 1.807) is 16.7 Å². The average Bonchev–Trinajstić information content (AvgIpc) is 3.21. The zero-order chi connectivity index (χ0) is 25.8. The highest BCUT2D eigenvalue weighted by Crippen LogP contribution is 2.68. The monoisotopic (exact) mass is 500 g/mol. The molecule has 202 valence electrons. The van der Waals surface area contributed by atoms with Crippen molar-refractivity contribution in [1.29, 1.82) is 0 Å². The van der Waals surface area contributed by atoms with E-state index in [1.165, 1.54) is 38.5 Å². The Morgan fingerprint density at radius 1 is 0.861 bits per heavy atom. The first-order chi connectivity index (χ1) is 17.0. The molecule has 0 aromatic carbocycles. The van der Waals surface area contributed by atoms with Gasteiger partial charge in [0.05, 0.1) is 12.5 Å². The third kappa shape index (κ3) is 4.33. The van der Waals surface area contributed by atoms with Gasteiger partial charge in [0.2, 0.25) is 11.8 Å². The van der Waals surface area contributed by atoms with Crippen molar-refractivity contribution in [1.82, 2.24) is 9.80 Å². The number of Topliss-reactive ketones (excluding diaryl/α,β-unsaturated/α-hetero) is 1. The number of fused-ring (bicyclic) bond motifs is 5. The lowest BCUT2D eigenvalue weighted by Gasteiger charge is -2.61. The molecule has 9 atom stereocenters. The highest BCUT2D eigenvalue weighted by molar-refractivity contribution is 5.99. The van der Waals surface area contributed by atoms with Crippen molar-refractivity contribution in [3.63, 3.8) is 0 Å². The SMILES string of the molecule is CC(=O)N1CCN(C(=O)CC(=O)C(C)[C@H]2CC[C@H]3[C@@H]4CC[C@H]5C[C@@H](O)CC[C@]5(C)[C@H]4CC[C@@]23C)CC1. The Labute approximate surface area is 217 Å². The lowest BCUT2D eigenvalue weighted by molar-refractivity contribution is -0.144. The van der Waals surface area contributed by atoms with Crippen molar-refractivity contribution in [3.05, 3.63) is 0 Å². The standard InChI is InChI=1S/C30H48N2O4/c1-19(27(35)18-28(36)32-15-13-31(14-16-32)20(2)33)24-7-8-25-23-6-5-21-17-22(34)9-11-29(21,3)26(23)10-12-30(24,25)4/h19,21-26,34H,5-18H2,1-4H3/t19?,21-,22-,23-,24+,25-,26-,29-,30-/m0/s1. The van der Waals surface area contributed by atoms with Crippen LogP contribution >= 0.6 is 0 Å². The molecular weight excluding hydrogens is 452 g/mol. The van der Waals surface area contributed by atoms with Crippen molar-refractivity contribution < 1.29 is 19.5 Å². The van der Waals surface area contributed by atoms with Gasteiger partial charge in [-0.05, 0) is 98.2 Å². The number of aliphatic hydroxyl groups excluding tert-OH is 1.